The number of allylic oxidation sites excluding steroid dienone is 6. The van der Waals surface area contributed by atoms with Crippen LogP contribution in [0.15, 0.2) is 23.3 Å². The van der Waals surface area contributed by atoms with E-state index in [1.807, 2.05) is 0 Å². The van der Waals surface area contributed by atoms with Gasteiger partial charge in [0.15, 0.2) is 58.2 Å². The van der Waals surface area contributed by atoms with Crippen molar-refractivity contribution in [1.29, 1.82) is 31.6 Å². The first-order chi connectivity index (χ1) is 23.2. The zero-order valence-corrected chi connectivity index (χ0v) is 23.1. The molecular formula is C32H3F11N6. The minimum atomic E-state index is -2.48. The summed E-state index contributed by atoms with van der Waals surface area (Å²) in [5, 5.41) is 56.6. The van der Waals surface area contributed by atoms with Gasteiger partial charge in [0.1, 0.15) is 58.9 Å². The molecule has 6 nitrogen and oxygen atoms in total. The van der Waals surface area contributed by atoms with E-state index in [9.17, 15) is 37.7 Å². The first kappa shape index (κ1) is 34.7. The second-order valence-corrected chi connectivity index (χ2v) is 9.24. The van der Waals surface area contributed by atoms with E-state index >= 15 is 26.3 Å². The van der Waals surface area contributed by atoms with Crippen LogP contribution in [0.2, 0.25) is 0 Å². The third kappa shape index (κ3) is 4.82. The molecular weight excluding hydrogens is 677 g/mol. The van der Waals surface area contributed by atoms with Crippen molar-refractivity contribution in [3.8, 4) is 36.4 Å². The molecule has 0 heterocycles. The van der Waals surface area contributed by atoms with E-state index in [0.29, 0.717) is 6.08 Å². The summed E-state index contributed by atoms with van der Waals surface area (Å²) in [7, 11) is 0. The molecule has 1 aliphatic rings. The molecule has 17 heteroatoms. The maximum Gasteiger partial charge on any atom is 0.180 e. The number of nitrogens with zero attached hydrogens (tertiary/aromatic N) is 6. The molecule has 238 valence electrons. The molecule has 1 saturated carbocycles. The van der Waals surface area contributed by atoms with Gasteiger partial charge in [-0.1, -0.05) is 12.7 Å². The second-order valence-electron chi connectivity index (χ2n) is 9.24. The summed E-state index contributed by atoms with van der Waals surface area (Å²) < 4.78 is 165. The highest BCUT2D eigenvalue weighted by Crippen LogP contribution is 2.57. The van der Waals surface area contributed by atoms with Crippen LogP contribution in [0.4, 0.5) is 48.3 Å². The lowest BCUT2D eigenvalue weighted by atomic mass is 9.96. The van der Waals surface area contributed by atoms with E-state index in [4.69, 9.17) is 15.8 Å². The Kier molecular flexibility index (Phi) is 8.86. The van der Waals surface area contributed by atoms with Gasteiger partial charge in [-0.15, -0.1) is 0 Å². The topological polar surface area (TPSA) is 143 Å². The monoisotopic (exact) mass is 680 g/mol. The number of rotatable bonds is 4. The molecule has 49 heavy (non-hydrogen) atoms. The molecule has 0 spiro atoms. The number of hydrogen-bond donors (Lipinski definition) is 0. The van der Waals surface area contributed by atoms with Crippen LogP contribution in [0.1, 0.15) is 38.9 Å². The zero-order valence-electron chi connectivity index (χ0n) is 23.1. The normalized spacial score (nSPS) is 13.6. The molecule has 0 aromatic heterocycles. The van der Waals surface area contributed by atoms with Crippen molar-refractivity contribution in [2.75, 3.05) is 0 Å². The smallest absolute Gasteiger partial charge is 0.180 e. The second kappa shape index (κ2) is 12.5. The maximum atomic E-state index is 15.6. The highest BCUT2D eigenvalue weighted by molar-refractivity contribution is 6.12. The van der Waals surface area contributed by atoms with E-state index in [-0.39, 0.29) is 0 Å². The molecule has 1 fully saturated rings. The zero-order chi connectivity index (χ0) is 36.8. The third-order valence-electron chi connectivity index (χ3n) is 6.95. The van der Waals surface area contributed by atoms with Crippen LogP contribution < -0.4 is 0 Å². The molecule has 4 rings (SSSR count). The van der Waals surface area contributed by atoms with Crippen molar-refractivity contribution < 1.29 is 48.3 Å². The van der Waals surface area contributed by atoms with E-state index in [1.165, 1.54) is 0 Å². The van der Waals surface area contributed by atoms with Gasteiger partial charge in [0.25, 0.3) is 0 Å². The summed E-state index contributed by atoms with van der Waals surface area (Å²) in [5.74, 6) is -25.9. The minimum absolute atomic E-state index is 0.474. The number of benzene rings is 3. The Morgan fingerprint density at radius 1 is 0.388 bits per heavy atom. The van der Waals surface area contributed by atoms with E-state index < -0.39 is 136 Å². The Labute approximate surface area is 265 Å². The average Bonchev–Trinajstić information content (AvgIpc) is 3.80. The third-order valence-corrected chi connectivity index (χ3v) is 6.95. The number of nitriles is 6. The molecule has 0 aliphatic heterocycles. The molecule has 0 bridgehead atoms. The minimum Gasteiger partial charge on any atom is -0.205 e. The molecule has 0 N–H and O–H groups in total. The number of hydrogen-bond acceptors (Lipinski definition) is 6. The molecule has 0 unspecified atom stereocenters. The average molecular weight is 680 g/mol. The van der Waals surface area contributed by atoms with Crippen LogP contribution >= 0.6 is 0 Å². The van der Waals surface area contributed by atoms with Crippen LogP contribution in [0.3, 0.4) is 0 Å². The van der Waals surface area contributed by atoms with Gasteiger partial charge in [0.2, 0.25) is 0 Å². The molecule has 0 atom stereocenters. The fourth-order valence-corrected chi connectivity index (χ4v) is 4.75. The van der Waals surface area contributed by atoms with Gasteiger partial charge in [0.05, 0.1) is 33.4 Å². The van der Waals surface area contributed by atoms with Gasteiger partial charge in [-0.25, -0.2) is 48.3 Å². The van der Waals surface area contributed by atoms with Crippen molar-refractivity contribution in [3.05, 3.63) is 126 Å². The standard InChI is InChI=1S/C32H3F11N6/c1-2-9-10(3-44)23(34)28(39)19(22(9)33)11(4-45)16-17(12(5-46)20-29(40)24(35)14(7-48)25(36)30(20)41)18(16)13(6-47)21-31(42)26(37)15(8-49)27(38)32(21)43/h2H,1H2. The van der Waals surface area contributed by atoms with Crippen LogP contribution in [-0.4, -0.2) is 0 Å². The molecule has 3 aromatic rings. The molecule has 0 amide bonds. The summed E-state index contributed by atoms with van der Waals surface area (Å²) in [5.41, 5.74) is -20.8. The van der Waals surface area contributed by atoms with Crippen molar-refractivity contribution in [2.24, 2.45) is 0 Å². The van der Waals surface area contributed by atoms with Gasteiger partial charge < -0.3 is 0 Å². The van der Waals surface area contributed by atoms with E-state index in [2.05, 4.69) is 6.58 Å². The lowest BCUT2D eigenvalue weighted by Gasteiger charge is -2.10. The lowest BCUT2D eigenvalue weighted by Crippen LogP contribution is -2.06. The van der Waals surface area contributed by atoms with E-state index in [1.54, 1.807) is 0 Å². The van der Waals surface area contributed by atoms with Gasteiger partial charge in [-0.05, 0) is 0 Å². The predicted octanol–water partition coefficient (Wildman–Crippen LogP) is 7.72. The summed E-state index contributed by atoms with van der Waals surface area (Å²) in [6, 6.07) is 5.88. The SMILES string of the molecule is C=Cc1c(F)c(C(C#N)=C2C(=C(C#N)c3c(F)c(F)c(C#N)c(F)c3F)C2=C(C#N)c2c(F)c(F)c(C#N)c(F)c2F)c(F)c(F)c1C#N. The Morgan fingerprint density at radius 3 is 0.857 bits per heavy atom. The van der Waals surface area contributed by atoms with Crippen LogP contribution in [0, 0.1) is 132 Å². The Hall–Kier alpha value is -7.21. The summed E-state index contributed by atoms with van der Waals surface area (Å²) in [6.07, 6.45) is 0.474. The Bertz CT molecular complexity index is 2310. The fraction of sp³-hybridized carbons (Fsp3) is 0. The summed E-state index contributed by atoms with van der Waals surface area (Å²) in [6.45, 7) is 3.11. The van der Waals surface area contributed by atoms with Crippen LogP contribution in [-0.2, 0) is 0 Å². The molecule has 1 aliphatic carbocycles. The maximum absolute atomic E-state index is 15.6. The van der Waals surface area contributed by atoms with Gasteiger partial charge in [-0.2, -0.15) is 31.6 Å². The van der Waals surface area contributed by atoms with Crippen molar-refractivity contribution >= 4 is 22.8 Å². The van der Waals surface area contributed by atoms with Crippen molar-refractivity contribution in [2.45, 2.75) is 0 Å². The quantitative estimate of drug-likeness (QED) is 0.157. The lowest BCUT2D eigenvalue weighted by molar-refractivity contribution is 0.446. The predicted molar refractivity (Wildman–Crippen MR) is 141 cm³/mol. The summed E-state index contributed by atoms with van der Waals surface area (Å²) >= 11 is 0. The summed E-state index contributed by atoms with van der Waals surface area (Å²) in [4.78, 5) is 0. The van der Waals surface area contributed by atoms with Gasteiger partial charge >= 0.3 is 0 Å². The van der Waals surface area contributed by atoms with E-state index in [0.717, 1.165) is 36.4 Å². The first-order valence-corrected chi connectivity index (χ1v) is 12.4. The molecule has 0 radical (unpaired) electrons. The number of halogens is 11. The van der Waals surface area contributed by atoms with Crippen molar-refractivity contribution in [1.82, 2.24) is 0 Å². The molecule has 3 aromatic carbocycles. The Balaban J connectivity index is 2.39. The highest BCUT2D eigenvalue weighted by atomic mass is 19.2. The van der Waals surface area contributed by atoms with Gasteiger partial charge in [0, 0.05) is 22.3 Å². The first-order valence-electron chi connectivity index (χ1n) is 12.4. The largest absolute Gasteiger partial charge is 0.205 e. The van der Waals surface area contributed by atoms with Crippen LogP contribution in [0.5, 0.6) is 0 Å². The Morgan fingerprint density at radius 2 is 0.633 bits per heavy atom. The highest BCUT2D eigenvalue weighted by Gasteiger charge is 2.46. The fourth-order valence-electron chi connectivity index (χ4n) is 4.75. The van der Waals surface area contributed by atoms with Gasteiger partial charge in [-0.3, -0.25) is 0 Å². The van der Waals surface area contributed by atoms with Crippen molar-refractivity contribution in [3.63, 3.8) is 0 Å². The van der Waals surface area contributed by atoms with Crippen LogP contribution in [0.25, 0.3) is 22.8 Å². The molecule has 0 saturated heterocycles.